The number of halogens is 1. The first-order valence-corrected chi connectivity index (χ1v) is 10.7. The molecule has 0 aliphatic heterocycles. The Morgan fingerprint density at radius 3 is 2.47 bits per heavy atom. The molecule has 0 unspecified atom stereocenters. The SMILES string of the molecule is O=C(Cn1c(-c2ccc(Cl)cc2)n[nH]c1=S)NCc1ccc(Cn2ccccc2=O)cc1. The summed E-state index contributed by atoms with van der Waals surface area (Å²) in [5.74, 6) is 0.389. The Balaban J connectivity index is 1.37. The van der Waals surface area contributed by atoms with E-state index in [1.54, 1.807) is 33.5 Å². The Hall–Kier alpha value is -3.49. The van der Waals surface area contributed by atoms with Crippen LogP contribution in [0.4, 0.5) is 0 Å². The Bertz CT molecular complexity index is 1340. The Kier molecular flexibility index (Phi) is 6.63. The van der Waals surface area contributed by atoms with Gasteiger partial charge in [-0.15, -0.1) is 0 Å². The van der Waals surface area contributed by atoms with Crippen molar-refractivity contribution in [2.24, 2.45) is 0 Å². The largest absolute Gasteiger partial charge is 0.350 e. The van der Waals surface area contributed by atoms with Crippen molar-refractivity contribution < 1.29 is 4.79 Å². The van der Waals surface area contributed by atoms with Crippen molar-refractivity contribution >= 4 is 29.7 Å². The van der Waals surface area contributed by atoms with E-state index in [1.807, 2.05) is 42.5 Å². The van der Waals surface area contributed by atoms with E-state index in [1.165, 1.54) is 6.07 Å². The monoisotopic (exact) mass is 465 g/mol. The highest BCUT2D eigenvalue weighted by Gasteiger charge is 2.12. The van der Waals surface area contributed by atoms with E-state index in [2.05, 4.69) is 15.5 Å². The van der Waals surface area contributed by atoms with Crippen LogP contribution in [-0.4, -0.2) is 25.2 Å². The Labute approximate surface area is 194 Å². The van der Waals surface area contributed by atoms with Gasteiger partial charge in [0, 0.05) is 29.4 Å². The average molecular weight is 466 g/mol. The second-order valence-electron chi connectivity index (χ2n) is 7.21. The summed E-state index contributed by atoms with van der Waals surface area (Å²) in [5, 5.41) is 10.5. The minimum Gasteiger partial charge on any atom is -0.350 e. The molecule has 0 fully saturated rings. The molecular weight excluding hydrogens is 446 g/mol. The first-order valence-electron chi connectivity index (χ1n) is 9.91. The molecule has 0 saturated carbocycles. The number of aromatic nitrogens is 4. The molecule has 2 aromatic heterocycles. The van der Waals surface area contributed by atoms with Crippen LogP contribution in [0.25, 0.3) is 11.4 Å². The quantitative estimate of drug-likeness (QED) is 0.407. The maximum atomic E-state index is 12.5. The lowest BCUT2D eigenvalue weighted by Gasteiger charge is -2.10. The summed E-state index contributed by atoms with van der Waals surface area (Å²) in [7, 11) is 0. The molecule has 0 bridgehead atoms. The Morgan fingerprint density at radius 2 is 1.75 bits per heavy atom. The third-order valence-corrected chi connectivity index (χ3v) is 5.49. The summed E-state index contributed by atoms with van der Waals surface area (Å²) in [6.45, 7) is 0.923. The lowest BCUT2D eigenvalue weighted by molar-refractivity contribution is -0.121. The van der Waals surface area contributed by atoms with Gasteiger partial charge in [-0.3, -0.25) is 19.3 Å². The van der Waals surface area contributed by atoms with Crippen molar-refractivity contribution in [3.8, 4) is 11.4 Å². The fourth-order valence-corrected chi connectivity index (χ4v) is 3.56. The first kappa shape index (κ1) is 21.7. The van der Waals surface area contributed by atoms with E-state index in [0.717, 1.165) is 16.7 Å². The van der Waals surface area contributed by atoms with Crippen LogP contribution in [0.2, 0.25) is 5.02 Å². The summed E-state index contributed by atoms with van der Waals surface area (Å²) in [4.78, 5) is 24.4. The van der Waals surface area contributed by atoms with Crippen molar-refractivity contribution in [1.82, 2.24) is 24.6 Å². The third-order valence-electron chi connectivity index (χ3n) is 4.93. The zero-order valence-corrected chi connectivity index (χ0v) is 18.6. The van der Waals surface area contributed by atoms with Crippen molar-refractivity contribution in [3.63, 3.8) is 0 Å². The molecule has 32 heavy (non-hydrogen) atoms. The fourth-order valence-electron chi connectivity index (χ4n) is 3.23. The van der Waals surface area contributed by atoms with Crippen molar-refractivity contribution in [1.29, 1.82) is 0 Å². The Morgan fingerprint density at radius 1 is 1.03 bits per heavy atom. The number of H-pyrrole nitrogens is 1. The van der Waals surface area contributed by atoms with Crippen LogP contribution in [0, 0.1) is 4.77 Å². The molecule has 2 N–H and O–H groups in total. The van der Waals surface area contributed by atoms with Gasteiger partial charge in [0.2, 0.25) is 5.91 Å². The zero-order valence-electron chi connectivity index (χ0n) is 17.0. The minimum atomic E-state index is -0.183. The molecule has 0 atom stereocenters. The first-order chi connectivity index (χ1) is 15.5. The highest BCUT2D eigenvalue weighted by atomic mass is 35.5. The molecule has 0 saturated heterocycles. The van der Waals surface area contributed by atoms with Crippen molar-refractivity contribution in [2.45, 2.75) is 19.6 Å². The number of amides is 1. The van der Waals surface area contributed by atoms with Crippen LogP contribution < -0.4 is 10.9 Å². The normalized spacial score (nSPS) is 10.8. The fraction of sp³-hybridized carbons (Fsp3) is 0.130. The van der Waals surface area contributed by atoms with Crippen LogP contribution in [0.1, 0.15) is 11.1 Å². The van der Waals surface area contributed by atoms with E-state index in [9.17, 15) is 9.59 Å². The van der Waals surface area contributed by atoms with Gasteiger partial charge in [-0.2, -0.15) is 5.10 Å². The number of pyridine rings is 1. The van der Waals surface area contributed by atoms with E-state index < -0.39 is 0 Å². The number of carbonyl (C=O) groups is 1. The minimum absolute atomic E-state index is 0.0420. The second kappa shape index (κ2) is 9.76. The van der Waals surface area contributed by atoms with Gasteiger partial charge < -0.3 is 9.88 Å². The number of nitrogens with zero attached hydrogens (tertiary/aromatic N) is 3. The number of hydrogen-bond donors (Lipinski definition) is 2. The molecule has 2 heterocycles. The molecule has 7 nitrogen and oxygen atoms in total. The predicted molar refractivity (Wildman–Crippen MR) is 126 cm³/mol. The molecular formula is C23H20ClN5O2S. The van der Waals surface area contributed by atoms with Crippen LogP contribution in [0.5, 0.6) is 0 Å². The van der Waals surface area contributed by atoms with E-state index in [4.69, 9.17) is 23.8 Å². The van der Waals surface area contributed by atoms with E-state index in [0.29, 0.717) is 28.7 Å². The van der Waals surface area contributed by atoms with Gasteiger partial charge in [0.1, 0.15) is 6.54 Å². The van der Waals surface area contributed by atoms with Crippen LogP contribution in [-0.2, 0) is 24.4 Å². The van der Waals surface area contributed by atoms with Gasteiger partial charge in [0.25, 0.3) is 5.56 Å². The third kappa shape index (κ3) is 5.22. The highest BCUT2D eigenvalue weighted by molar-refractivity contribution is 7.71. The van der Waals surface area contributed by atoms with Crippen molar-refractivity contribution in [2.75, 3.05) is 0 Å². The molecule has 0 aliphatic carbocycles. The predicted octanol–water partition coefficient (Wildman–Crippen LogP) is 3.79. The van der Waals surface area contributed by atoms with E-state index >= 15 is 0 Å². The van der Waals surface area contributed by atoms with Gasteiger partial charge in [-0.25, -0.2) is 0 Å². The van der Waals surface area contributed by atoms with Gasteiger partial charge in [0.05, 0.1) is 6.54 Å². The molecule has 4 rings (SSSR count). The van der Waals surface area contributed by atoms with Crippen LogP contribution in [0.15, 0.2) is 77.7 Å². The smallest absolute Gasteiger partial charge is 0.250 e. The lowest BCUT2D eigenvalue weighted by Crippen LogP contribution is -2.27. The maximum absolute atomic E-state index is 12.5. The molecule has 0 radical (unpaired) electrons. The van der Waals surface area contributed by atoms with Crippen LogP contribution in [0.3, 0.4) is 0 Å². The summed E-state index contributed by atoms with van der Waals surface area (Å²) in [5.41, 5.74) is 2.73. The average Bonchev–Trinajstić information content (AvgIpc) is 3.15. The van der Waals surface area contributed by atoms with Gasteiger partial charge in [-0.05, 0) is 53.7 Å². The number of rotatable bonds is 7. The summed E-state index contributed by atoms with van der Waals surface area (Å²) >= 11 is 11.2. The summed E-state index contributed by atoms with van der Waals surface area (Å²) in [6.07, 6.45) is 1.76. The van der Waals surface area contributed by atoms with Gasteiger partial charge in [-0.1, -0.05) is 41.9 Å². The number of carbonyl (C=O) groups excluding carboxylic acids is 1. The summed E-state index contributed by atoms with van der Waals surface area (Å²) < 4.78 is 3.66. The van der Waals surface area contributed by atoms with E-state index in [-0.39, 0.29) is 18.0 Å². The number of benzene rings is 2. The van der Waals surface area contributed by atoms with Crippen LogP contribution >= 0.6 is 23.8 Å². The second-order valence-corrected chi connectivity index (χ2v) is 8.03. The van der Waals surface area contributed by atoms with Gasteiger partial charge in [0.15, 0.2) is 10.6 Å². The molecule has 9 heteroatoms. The number of hydrogen-bond acceptors (Lipinski definition) is 4. The molecule has 4 aromatic rings. The molecule has 1 amide bonds. The number of nitrogens with one attached hydrogen (secondary N) is 2. The molecule has 2 aromatic carbocycles. The number of aromatic amines is 1. The van der Waals surface area contributed by atoms with Crippen molar-refractivity contribution in [3.05, 3.63) is 104 Å². The van der Waals surface area contributed by atoms with Gasteiger partial charge >= 0.3 is 0 Å². The standard InChI is InChI=1S/C23H20ClN5O2S/c24-19-10-8-18(9-11-19)22-26-27-23(32)29(22)15-20(30)25-13-16-4-6-17(7-5-16)14-28-12-2-1-3-21(28)31/h1-12H,13-15H2,(H,25,30)(H,27,32). The molecule has 0 aliphatic rings. The summed E-state index contributed by atoms with van der Waals surface area (Å²) in [6, 6.07) is 20.0. The topological polar surface area (TPSA) is 84.7 Å². The highest BCUT2D eigenvalue weighted by Crippen LogP contribution is 2.19. The molecule has 162 valence electrons. The lowest BCUT2D eigenvalue weighted by atomic mass is 10.1. The molecule has 0 spiro atoms. The maximum Gasteiger partial charge on any atom is 0.250 e. The zero-order chi connectivity index (χ0) is 22.5.